The summed E-state index contributed by atoms with van der Waals surface area (Å²) >= 11 is 0. The predicted molar refractivity (Wildman–Crippen MR) is 140 cm³/mol. The number of piperidine rings is 1. The minimum atomic E-state index is -0.0753. The number of hydrogen-bond donors (Lipinski definition) is 1. The first kappa shape index (κ1) is 26.6. The van der Waals surface area contributed by atoms with E-state index in [-0.39, 0.29) is 30.9 Å². The van der Waals surface area contributed by atoms with E-state index in [0.29, 0.717) is 42.5 Å². The first-order chi connectivity index (χ1) is 17.6. The van der Waals surface area contributed by atoms with Crippen LogP contribution in [0.3, 0.4) is 0 Å². The van der Waals surface area contributed by atoms with Crippen molar-refractivity contribution in [1.29, 1.82) is 0 Å². The fourth-order valence-corrected chi connectivity index (χ4v) is 5.14. The molecule has 2 aliphatic rings. The smallest absolute Gasteiger partial charge is 0.273 e. The Morgan fingerprint density at radius 1 is 1.11 bits per heavy atom. The Labute approximate surface area is 214 Å². The van der Waals surface area contributed by atoms with Gasteiger partial charge in [0.2, 0.25) is 0 Å². The molecule has 0 unspecified atom stereocenters. The second-order valence-electron chi connectivity index (χ2n) is 9.86. The minimum Gasteiger partial charge on any atom is -0.490 e. The lowest BCUT2D eigenvalue weighted by Crippen LogP contribution is -2.51. The van der Waals surface area contributed by atoms with Crippen LogP contribution < -0.4 is 14.8 Å². The predicted octanol–water partition coefficient (Wildman–Crippen LogP) is 4.55. The minimum absolute atomic E-state index is 0.0567. The third-order valence-electron chi connectivity index (χ3n) is 6.89. The Hall–Kier alpha value is -2.42. The highest BCUT2D eigenvalue weighted by Gasteiger charge is 2.30. The average molecular weight is 500 g/mol. The van der Waals surface area contributed by atoms with Crippen molar-refractivity contribution in [3.05, 3.63) is 30.0 Å². The fourth-order valence-electron chi connectivity index (χ4n) is 5.14. The zero-order chi connectivity index (χ0) is 25.3. The van der Waals surface area contributed by atoms with Gasteiger partial charge in [0.1, 0.15) is 36.1 Å². The number of pyridine rings is 1. The first-order valence-electron chi connectivity index (χ1n) is 13.5. The van der Waals surface area contributed by atoms with Crippen LogP contribution in [0.1, 0.15) is 69.8 Å². The quantitative estimate of drug-likeness (QED) is 0.339. The van der Waals surface area contributed by atoms with Crippen molar-refractivity contribution in [3.8, 4) is 11.5 Å². The largest absolute Gasteiger partial charge is 0.490 e. The molecule has 0 radical (unpaired) electrons. The molecule has 198 valence electrons. The molecule has 0 spiro atoms. The number of rotatable bonds is 12. The van der Waals surface area contributed by atoms with Crippen LogP contribution in [-0.2, 0) is 9.47 Å². The second-order valence-corrected chi connectivity index (χ2v) is 9.86. The molecule has 8 nitrogen and oxygen atoms in total. The van der Waals surface area contributed by atoms with Crippen LogP contribution in [0.25, 0.3) is 10.9 Å². The highest BCUT2D eigenvalue weighted by molar-refractivity contribution is 5.98. The van der Waals surface area contributed by atoms with Crippen molar-refractivity contribution in [2.75, 3.05) is 39.7 Å². The SMILES string of the molecule is CCOCOCCOc1cc(C(=O)N(C(C)C)[C@@H]2CCCNC2)nc2c(OC3CCCC3)cccc12. The molecule has 1 saturated carbocycles. The summed E-state index contributed by atoms with van der Waals surface area (Å²) in [5, 5.41) is 4.27. The van der Waals surface area contributed by atoms with Gasteiger partial charge in [0.05, 0.1) is 12.7 Å². The molecule has 1 amide bonds. The number of ether oxygens (including phenoxy) is 4. The van der Waals surface area contributed by atoms with Crippen molar-refractivity contribution in [3.63, 3.8) is 0 Å². The van der Waals surface area contributed by atoms with Gasteiger partial charge in [0.15, 0.2) is 0 Å². The molecule has 2 fully saturated rings. The van der Waals surface area contributed by atoms with Gasteiger partial charge in [0, 0.05) is 36.7 Å². The Bertz CT molecular complexity index is 987. The molecule has 1 aromatic heterocycles. The Morgan fingerprint density at radius 2 is 1.94 bits per heavy atom. The molecule has 0 bridgehead atoms. The van der Waals surface area contributed by atoms with Crippen LogP contribution in [0.2, 0.25) is 0 Å². The molecule has 1 aliphatic heterocycles. The Balaban J connectivity index is 1.65. The van der Waals surface area contributed by atoms with Gasteiger partial charge in [-0.25, -0.2) is 4.98 Å². The van der Waals surface area contributed by atoms with E-state index in [1.54, 1.807) is 6.07 Å². The summed E-state index contributed by atoms with van der Waals surface area (Å²) in [6.45, 7) is 9.42. The molecule has 2 heterocycles. The van der Waals surface area contributed by atoms with Gasteiger partial charge in [0.25, 0.3) is 5.91 Å². The topological polar surface area (TPSA) is 82.2 Å². The summed E-state index contributed by atoms with van der Waals surface area (Å²) in [6, 6.07) is 7.86. The summed E-state index contributed by atoms with van der Waals surface area (Å²) in [4.78, 5) is 20.7. The molecule has 1 saturated heterocycles. The van der Waals surface area contributed by atoms with Crippen LogP contribution >= 0.6 is 0 Å². The zero-order valence-corrected chi connectivity index (χ0v) is 22.0. The monoisotopic (exact) mass is 499 g/mol. The second kappa shape index (κ2) is 13.2. The van der Waals surface area contributed by atoms with Crippen LogP contribution in [0.15, 0.2) is 24.3 Å². The van der Waals surface area contributed by atoms with Gasteiger partial charge >= 0.3 is 0 Å². The number of para-hydroxylation sites is 1. The number of hydrogen-bond acceptors (Lipinski definition) is 7. The number of nitrogens with one attached hydrogen (secondary N) is 1. The number of benzene rings is 1. The van der Waals surface area contributed by atoms with E-state index in [1.165, 1.54) is 12.8 Å². The lowest BCUT2D eigenvalue weighted by molar-refractivity contribution is -0.0560. The van der Waals surface area contributed by atoms with E-state index in [1.807, 2.05) is 30.0 Å². The molecule has 1 aromatic carbocycles. The number of aromatic nitrogens is 1. The van der Waals surface area contributed by atoms with E-state index in [4.69, 9.17) is 23.9 Å². The summed E-state index contributed by atoms with van der Waals surface area (Å²) in [6.07, 6.45) is 6.69. The molecular weight excluding hydrogens is 458 g/mol. The van der Waals surface area contributed by atoms with Crippen LogP contribution in [0.5, 0.6) is 11.5 Å². The van der Waals surface area contributed by atoms with Crippen molar-refractivity contribution < 1.29 is 23.7 Å². The van der Waals surface area contributed by atoms with Crippen LogP contribution in [0, 0.1) is 0 Å². The standard InChI is InChI=1S/C28H41N3O5/c1-4-33-19-34-15-16-35-26-17-24(28(32)31(20(2)3)21-9-8-14-29-18-21)30-27-23(26)12-7-13-25(27)36-22-10-5-6-11-22/h7,12-13,17,20-22,29H,4-6,8-11,14-16,18-19H2,1-3H3/t21-/m1/s1. The normalized spacial score (nSPS) is 18.6. The summed E-state index contributed by atoms with van der Waals surface area (Å²) < 4.78 is 23.2. The number of carbonyl (C=O) groups excluding carboxylic acids is 1. The van der Waals surface area contributed by atoms with Crippen molar-refractivity contribution in [2.24, 2.45) is 0 Å². The maximum Gasteiger partial charge on any atom is 0.273 e. The molecule has 8 heteroatoms. The zero-order valence-electron chi connectivity index (χ0n) is 22.0. The number of amides is 1. The summed E-state index contributed by atoms with van der Waals surface area (Å²) in [7, 11) is 0. The van der Waals surface area contributed by atoms with Gasteiger partial charge < -0.3 is 29.2 Å². The maximum absolute atomic E-state index is 13.9. The van der Waals surface area contributed by atoms with Gasteiger partial charge in [-0.15, -0.1) is 0 Å². The molecule has 1 aliphatic carbocycles. The lowest BCUT2D eigenvalue weighted by Gasteiger charge is -2.37. The number of carbonyl (C=O) groups is 1. The first-order valence-corrected chi connectivity index (χ1v) is 13.5. The third-order valence-corrected chi connectivity index (χ3v) is 6.89. The molecule has 36 heavy (non-hydrogen) atoms. The highest BCUT2D eigenvalue weighted by atomic mass is 16.7. The van der Waals surface area contributed by atoms with E-state index in [9.17, 15) is 4.79 Å². The van der Waals surface area contributed by atoms with Gasteiger partial charge in [-0.05, 0) is 78.0 Å². The molecule has 1 N–H and O–H groups in total. The summed E-state index contributed by atoms with van der Waals surface area (Å²) in [5.74, 6) is 1.25. The number of fused-ring (bicyclic) bond motifs is 1. The molecule has 4 rings (SSSR count). The van der Waals surface area contributed by atoms with Gasteiger partial charge in [-0.2, -0.15) is 0 Å². The molecule has 1 atom stereocenters. The van der Waals surface area contributed by atoms with E-state index in [2.05, 4.69) is 19.2 Å². The highest BCUT2D eigenvalue weighted by Crippen LogP contribution is 2.34. The molecular formula is C28H41N3O5. The third kappa shape index (κ3) is 6.66. The lowest BCUT2D eigenvalue weighted by atomic mass is 10.0. The number of nitrogens with zero attached hydrogens (tertiary/aromatic N) is 2. The maximum atomic E-state index is 13.9. The van der Waals surface area contributed by atoms with E-state index < -0.39 is 0 Å². The van der Waals surface area contributed by atoms with Crippen molar-refractivity contribution >= 4 is 16.8 Å². The fraction of sp³-hybridized carbons (Fsp3) is 0.643. The Morgan fingerprint density at radius 3 is 2.67 bits per heavy atom. The van der Waals surface area contributed by atoms with Crippen molar-refractivity contribution in [2.45, 2.75) is 77.5 Å². The van der Waals surface area contributed by atoms with Crippen LogP contribution in [-0.4, -0.2) is 73.7 Å². The summed E-state index contributed by atoms with van der Waals surface area (Å²) in [5.41, 5.74) is 1.06. The van der Waals surface area contributed by atoms with E-state index in [0.717, 1.165) is 44.2 Å². The van der Waals surface area contributed by atoms with Gasteiger partial charge in [-0.3, -0.25) is 4.79 Å². The van der Waals surface area contributed by atoms with E-state index >= 15 is 0 Å². The van der Waals surface area contributed by atoms with Crippen LogP contribution in [0.4, 0.5) is 0 Å². The Kier molecular flexibility index (Phi) is 9.78. The van der Waals surface area contributed by atoms with Gasteiger partial charge in [-0.1, -0.05) is 6.07 Å². The molecule has 2 aromatic rings. The van der Waals surface area contributed by atoms with Crippen molar-refractivity contribution in [1.82, 2.24) is 15.2 Å². The average Bonchev–Trinajstić information content (AvgIpc) is 3.40.